The quantitative estimate of drug-likeness (QED) is 0.441. The second kappa shape index (κ2) is 9.54. The van der Waals surface area contributed by atoms with Crippen LogP contribution in [0.5, 0.6) is 11.5 Å². The number of hydrogen-bond donors (Lipinski definition) is 1. The van der Waals surface area contributed by atoms with Gasteiger partial charge in [0.25, 0.3) is 5.91 Å². The van der Waals surface area contributed by atoms with E-state index in [-0.39, 0.29) is 5.91 Å². The van der Waals surface area contributed by atoms with E-state index in [0.29, 0.717) is 37.0 Å². The molecule has 5 nitrogen and oxygen atoms in total. The van der Waals surface area contributed by atoms with Crippen molar-refractivity contribution in [2.24, 2.45) is 0 Å². The number of halogens is 1. The molecule has 2 heterocycles. The van der Waals surface area contributed by atoms with Gasteiger partial charge in [-0.05, 0) is 78.3 Å². The second-order valence-corrected chi connectivity index (χ2v) is 8.25. The van der Waals surface area contributed by atoms with Crippen molar-refractivity contribution < 1.29 is 14.3 Å². The fourth-order valence-corrected chi connectivity index (χ4v) is 4.47. The molecule has 2 aromatic rings. The third-order valence-corrected chi connectivity index (χ3v) is 6.03. The topological polar surface area (TPSA) is 50.8 Å². The predicted molar refractivity (Wildman–Crippen MR) is 120 cm³/mol. The maximum atomic E-state index is 12.7. The number of hydrogen-bond acceptors (Lipinski definition) is 5. The van der Waals surface area contributed by atoms with E-state index in [0.717, 1.165) is 26.4 Å². The molecule has 1 aliphatic heterocycles. The molecule has 0 atom stereocenters. The molecular formula is C20H21BrN2O3S2. The van der Waals surface area contributed by atoms with Gasteiger partial charge in [-0.25, -0.2) is 0 Å². The van der Waals surface area contributed by atoms with Gasteiger partial charge in [0, 0.05) is 21.3 Å². The van der Waals surface area contributed by atoms with Crippen molar-refractivity contribution in [3.63, 3.8) is 0 Å². The van der Waals surface area contributed by atoms with Crippen LogP contribution in [0.4, 0.5) is 0 Å². The second-order valence-electron chi connectivity index (χ2n) is 6.01. The SMILES string of the molecule is CCOc1ccc(CCN2C(=O)/C(=C\c3cc(Br)cs3)NC2=S)cc1OCC. The van der Waals surface area contributed by atoms with Gasteiger partial charge < -0.3 is 14.8 Å². The van der Waals surface area contributed by atoms with Gasteiger partial charge in [-0.1, -0.05) is 6.07 Å². The Labute approximate surface area is 182 Å². The molecule has 0 aliphatic carbocycles. The molecule has 0 unspecified atom stereocenters. The van der Waals surface area contributed by atoms with Crippen LogP contribution in [0, 0.1) is 0 Å². The van der Waals surface area contributed by atoms with Crippen molar-refractivity contribution in [1.29, 1.82) is 0 Å². The number of amides is 1. The van der Waals surface area contributed by atoms with E-state index in [2.05, 4.69) is 21.2 Å². The molecule has 1 amide bonds. The summed E-state index contributed by atoms with van der Waals surface area (Å²) < 4.78 is 12.3. The Bertz CT molecular complexity index is 911. The predicted octanol–water partition coefficient (Wildman–Crippen LogP) is 4.61. The van der Waals surface area contributed by atoms with E-state index in [9.17, 15) is 4.79 Å². The highest BCUT2D eigenvalue weighted by atomic mass is 79.9. The number of ether oxygens (including phenoxy) is 2. The molecule has 0 spiro atoms. The zero-order valence-electron chi connectivity index (χ0n) is 15.7. The highest BCUT2D eigenvalue weighted by Crippen LogP contribution is 2.29. The van der Waals surface area contributed by atoms with Gasteiger partial charge in [0.15, 0.2) is 16.6 Å². The zero-order valence-corrected chi connectivity index (χ0v) is 18.9. The minimum absolute atomic E-state index is 0.106. The molecule has 8 heteroatoms. The number of carbonyl (C=O) groups is 1. The lowest BCUT2D eigenvalue weighted by Crippen LogP contribution is -2.32. The smallest absolute Gasteiger partial charge is 0.276 e. The molecule has 1 aromatic carbocycles. The van der Waals surface area contributed by atoms with Crippen LogP contribution in [-0.4, -0.2) is 35.7 Å². The maximum absolute atomic E-state index is 12.7. The van der Waals surface area contributed by atoms with Crippen LogP contribution < -0.4 is 14.8 Å². The van der Waals surface area contributed by atoms with Crippen molar-refractivity contribution in [3.05, 3.63) is 50.3 Å². The van der Waals surface area contributed by atoms with Crippen molar-refractivity contribution in [3.8, 4) is 11.5 Å². The Morgan fingerprint density at radius 2 is 1.96 bits per heavy atom. The summed E-state index contributed by atoms with van der Waals surface area (Å²) in [5.74, 6) is 1.35. The first-order valence-electron chi connectivity index (χ1n) is 8.99. The Balaban J connectivity index is 1.68. The van der Waals surface area contributed by atoms with E-state index in [1.54, 1.807) is 16.2 Å². The monoisotopic (exact) mass is 480 g/mol. The Morgan fingerprint density at radius 3 is 2.64 bits per heavy atom. The molecule has 0 bridgehead atoms. The summed E-state index contributed by atoms with van der Waals surface area (Å²) in [5, 5.41) is 5.43. The number of thiocarbonyl (C=S) groups is 1. The average molecular weight is 481 g/mol. The summed E-state index contributed by atoms with van der Waals surface area (Å²) in [6.45, 7) is 5.52. The van der Waals surface area contributed by atoms with Crippen molar-refractivity contribution >= 4 is 56.6 Å². The first kappa shape index (κ1) is 20.8. The third-order valence-electron chi connectivity index (χ3n) is 4.07. The summed E-state index contributed by atoms with van der Waals surface area (Å²) in [6, 6.07) is 7.83. The molecular weight excluding hydrogens is 460 g/mol. The van der Waals surface area contributed by atoms with Crippen molar-refractivity contribution in [1.82, 2.24) is 10.2 Å². The number of rotatable bonds is 8. The molecule has 3 rings (SSSR count). The Hall–Kier alpha value is -1.90. The van der Waals surface area contributed by atoms with Crippen LogP contribution in [-0.2, 0) is 11.2 Å². The normalized spacial score (nSPS) is 15.2. The van der Waals surface area contributed by atoms with Gasteiger partial charge in [-0.2, -0.15) is 0 Å². The van der Waals surface area contributed by atoms with Gasteiger partial charge in [0.2, 0.25) is 0 Å². The van der Waals surface area contributed by atoms with E-state index >= 15 is 0 Å². The largest absolute Gasteiger partial charge is 0.490 e. The van der Waals surface area contributed by atoms with Gasteiger partial charge in [-0.15, -0.1) is 11.3 Å². The Kier molecular flexibility index (Phi) is 7.09. The van der Waals surface area contributed by atoms with Crippen LogP contribution in [0.3, 0.4) is 0 Å². The van der Waals surface area contributed by atoms with Gasteiger partial charge in [0.1, 0.15) is 5.70 Å². The third kappa shape index (κ3) is 4.92. The number of thiophene rings is 1. The molecule has 148 valence electrons. The molecule has 1 aromatic heterocycles. The van der Waals surface area contributed by atoms with Crippen LogP contribution >= 0.6 is 39.5 Å². The van der Waals surface area contributed by atoms with Gasteiger partial charge in [0.05, 0.1) is 13.2 Å². The number of nitrogens with one attached hydrogen (secondary N) is 1. The van der Waals surface area contributed by atoms with Crippen LogP contribution in [0.25, 0.3) is 6.08 Å². The summed E-state index contributed by atoms with van der Waals surface area (Å²) in [5.41, 5.74) is 1.56. The molecule has 1 aliphatic rings. The lowest BCUT2D eigenvalue weighted by molar-refractivity contribution is -0.122. The van der Waals surface area contributed by atoms with E-state index < -0.39 is 0 Å². The van der Waals surface area contributed by atoms with Crippen LogP contribution in [0.15, 0.2) is 39.8 Å². The van der Waals surface area contributed by atoms with E-state index in [4.69, 9.17) is 21.7 Å². The molecule has 1 fully saturated rings. The number of carbonyl (C=O) groups excluding carboxylic acids is 1. The lowest BCUT2D eigenvalue weighted by atomic mass is 10.1. The maximum Gasteiger partial charge on any atom is 0.276 e. The van der Waals surface area contributed by atoms with Crippen molar-refractivity contribution in [2.75, 3.05) is 19.8 Å². The number of benzene rings is 1. The molecule has 1 saturated heterocycles. The highest BCUT2D eigenvalue weighted by Gasteiger charge is 2.30. The zero-order chi connectivity index (χ0) is 20.1. The summed E-state index contributed by atoms with van der Waals surface area (Å²) in [7, 11) is 0. The number of nitrogens with zero attached hydrogens (tertiary/aromatic N) is 1. The molecule has 28 heavy (non-hydrogen) atoms. The first-order chi connectivity index (χ1) is 13.5. The van der Waals surface area contributed by atoms with E-state index in [1.807, 2.05) is 49.6 Å². The fraction of sp³-hybridized carbons (Fsp3) is 0.300. The first-order valence-corrected chi connectivity index (χ1v) is 11.1. The van der Waals surface area contributed by atoms with Crippen LogP contribution in [0.1, 0.15) is 24.3 Å². The summed E-state index contributed by atoms with van der Waals surface area (Å²) >= 11 is 10.3. The van der Waals surface area contributed by atoms with Crippen LogP contribution in [0.2, 0.25) is 0 Å². The molecule has 0 saturated carbocycles. The van der Waals surface area contributed by atoms with E-state index in [1.165, 1.54) is 0 Å². The average Bonchev–Trinajstić information content (AvgIpc) is 3.19. The van der Waals surface area contributed by atoms with Crippen molar-refractivity contribution in [2.45, 2.75) is 20.3 Å². The highest BCUT2D eigenvalue weighted by molar-refractivity contribution is 9.10. The fourth-order valence-electron chi connectivity index (χ4n) is 2.81. The standard InChI is InChI=1S/C20H21BrN2O3S2/c1-3-25-17-6-5-13(9-18(17)26-4-2)7-8-23-19(24)16(22-20(23)27)11-15-10-14(21)12-28-15/h5-6,9-12H,3-4,7-8H2,1-2H3,(H,22,27)/b16-11+. The Morgan fingerprint density at radius 1 is 1.21 bits per heavy atom. The van der Waals surface area contributed by atoms with Gasteiger partial charge >= 0.3 is 0 Å². The lowest BCUT2D eigenvalue weighted by Gasteiger charge is -2.15. The van der Waals surface area contributed by atoms with Gasteiger partial charge in [-0.3, -0.25) is 9.69 Å². The minimum Gasteiger partial charge on any atom is -0.490 e. The summed E-state index contributed by atoms with van der Waals surface area (Å²) in [6.07, 6.45) is 2.49. The minimum atomic E-state index is -0.106. The molecule has 1 N–H and O–H groups in total. The summed E-state index contributed by atoms with van der Waals surface area (Å²) in [4.78, 5) is 15.3. The molecule has 0 radical (unpaired) electrons.